The summed E-state index contributed by atoms with van der Waals surface area (Å²) in [5, 5.41) is 4.41. The van der Waals surface area contributed by atoms with Crippen molar-refractivity contribution < 1.29 is 8.42 Å². The van der Waals surface area contributed by atoms with Crippen LogP contribution in [-0.4, -0.2) is 44.1 Å². The lowest BCUT2D eigenvalue weighted by molar-refractivity contribution is 0.241. The van der Waals surface area contributed by atoms with Crippen LogP contribution in [0.25, 0.3) is 0 Å². The van der Waals surface area contributed by atoms with Crippen LogP contribution in [0, 0.1) is 12.8 Å². The van der Waals surface area contributed by atoms with Crippen molar-refractivity contribution in [2.45, 2.75) is 32.2 Å². The fraction of sp³-hybridized carbons (Fsp3) is 0.769. The number of sulfonamides is 1. The Kier molecular flexibility index (Phi) is 5.17. The van der Waals surface area contributed by atoms with Gasteiger partial charge in [0.2, 0.25) is 10.0 Å². The zero-order valence-corrected chi connectivity index (χ0v) is 13.9. The van der Waals surface area contributed by atoms with E-state index in [0.717, 1.165) is 24.3 Å². The highest BCUT2D eigenvalue weighted by Crippen LogP contribution is 2.30. The molecule has 7 heteroatoms. The quantitative estimate of drug-likeness (QED) is 0.899. The van der Waals surface area contributed by atoms with Crippen LogP contribution in [0.2, 0.25) is 0 Å². The monoisotopic (exact) mass is 317 g/mol. The van der Waals surface area contributed by atoms with E-state index in [1.54, 1.807) is 15.6 Å². The van der Waals surface area contributed by atoms with Gasteiger partial charge in [-0.1, -0.05) is 0 Å². The molecule has 2 unspecified atom stereocenters. The largest absolute Gasteiger partial charge is 0.312 e. The first-order valence-electron chi connectivity index (χ1n) is 6.95. The second-order valence-electron chi connectivity index (χ2n) is 5.49. The molecule has 0 aliphatic carbocycles. The average Bonchev–Trinajstić information content (AvgIpc) is 2.82. The molecular weight excluding hydrogens is 294 g/mol. The molecule has 1 aliphatic rings. The lowest BCUT2D eigenvalue weighted by atomic mass is 9.92. The summed E-state index contributed by atoms with van der Waals surface area (Å²) >= 11 is 1.71. The molecule has 1 saturated heterocycles. The number of hydrogen-bond donors (Lipinski definition) is 1. The average molecular weight is 317 g/mol. The fourth-order valence-corrected chi connectivity index (χ4v) is 4.62. The first-order chi connectivity index (χ1) is 9.40. The smallest absolute Gasteiger partial charge is 0.211 e. The second-order valence-corrected chi connectivity index (χ2v) is 8.74. The normalized spacial score (nSPS) is 22.9. The summed E-state index contributed by atoms with van der Waals surface area (Å²) in [7, 11) is -1.10. The van der Waals surface area contributed by atoms with Crippen molar-refractivity contribution in [2.24, 2.45) is 5.92 Å². The summed E-state index contributed by atoms with van der Waals surface area (Å²) in [6.45, 7) is 3.32. The van der Waals surface area contributed by atoms with Crippen LogP contribution >= 0.6 is 11.3 Å². The Morgan fingerprint density at radius 1 is 1.60 bits per heavy atom. The van der Waals surface area contributed by atoms with Gasteiger partial charge in [-0.15, -0.1) is 11.3 Å². The highest BCUT2D eigenvalue weighted by Gasteiger charge is 2.28. The minimum Gasteiger partial charge on any atom is -0.312 e. The van der Waals surface area contributed by atoms with E-state index in [9.17, 15) is 8.42 Å². The zero-order valence-electron chi connectivity index (χ0n) is 12.3. The molecule has 2 atom stereocenters. The minimum atomic E-state index is -3.06. The predicted octanol–water partition coefficient (Wildman–Crippen LogP) is 1.77. The maximum atomic E-state index is 11.7. The van der Waals surface area contributed by atoms with Gasteiger partial charge in [0.25, 0.3) is 0 Å². The Bertz CT molecular complexity index is 542. The molecule has 1 fully saturated rings. The van der Waals surface area contributed by atoms with Crippen molar-refractivity contribution in [1.29, 1.82) is 0 Å². The molecule has 20 heavy (non-hydrogen) atoms. The van der Waals surface area contributed by atoms with Crippen LogP contribution < -0.4 is 5.32 Å². The van der Waals surface area contributed by atoms with E-state index < -0.39 is 10.0 Å². The van der Waals surface area contributed by atoms with Gasteiger partial charge in [0.15, 0.2) is 0 Å². The number of aryl methyl sites for hydroxylation is 1. The van der Waals surface area contributed by atoms with E-state index in [1.165, 1.54) is 11.1 Å². The van der Waals surface area contributed by atoms with E-state index >= 15 is 0 Å². The summed E-state index contributed by atoms with van der Waals surface area (Å²) in [5.74, 6) is 0.415. The number of nitrogens with zero attached hydrogens (tertiary/aromatic N) is 2. The SMILES string of the molecule is CNC(CC1CCCN(S(C)(=O)=O)C1)c1cnc(C)s1. The van der Waals surface area contributed by atoms with Gasteiger partial charge in [-0.3, -0.25) is 0 Å². The van der Waals surface area contributed by atoms with Crippen molar-refractivity contribution in [3.63, 3.8) is 0 Å². The van der Waals surface area contributed by atoms with Crippen molar-refractivity contribution in [1.82, 2.24) is 14.6 Å². The summed E-state index contributed by atoms with van der Waals surface area (Å²) in [5.41, 5.74) is 0. The second kappa shape index (κ2) is 6.51. The molecule has 0 radical (unpaired) electrons. The number of aromatic nitrogens is 1. The third kappa shape index (κ3) is 4.00. The minimum absolute atomic E-state index is 0.269. The van der Waals surface area contributed by atoms with E-state index in [0.29, 0.717) is 19.0 Å². The van der Waals surface area contributed by atoms with E-state index in [-0.39, 0.29) is 6.04 Å². The molecule has 2 heterocycles. The molecule has 0 spiro atoms. The van der Waals surface area contributed by atoms with E-state index in [1.807, 2.05) is 20.2 Å². The van der Waals surface area contributed by atoms with Crippen molar-refractivity contribution in [3.05, 3.63) is 16.1 Å². The van der Waals surface area contributed by atoms with Crippen LogP contribution in [0.4, 0.5) is 0 Å². The molecular formula is C13H23N3O2S2. The highest BCUT2D eigenvalue weighted by molar-refractivity contribution is 7.88. The van der Waals surface area contributed by atoms with Gasteiger partial charge < -0.3 is 5.32 Å². The van der Waals surface area contributed by atoms with Crippen LogP contribution in [0.3, 0.4) is 0 Å². The van der Waals surface area contributed by atoms with Gasteiger partial charge in [-0.25, -0.2) is 17.7 Å². The molecule has 1 aliphatic heterocycles. The van der Waals surface area contributed by atoms with Crippen LogP contribution in [0.5, 0.6) is 0 Å². The first-order valence-corrected chi connectivity index (χ1v) is 9.61. The maximum absolute atomic E-state index is 11.7. The Labute approximate surface area is 125 Å². The van der Waals surface area contributed by atoms with Crippen LogP contribution in [0.15, 0.2) is 6.20 Å². The van der Waals surface area contributed by atoms with Crippen molar-refractivity contribution >= 4 is 21.4 Å². The third-order valence-electron chi connectivity index (χ3n) is 3.85. The summed E-state index contributed by atoms with van der Waals surface area (Å²) in [6.07, 6.45) is 6.25. The highest BCUT2D eigenvalue weighted by atomic mass is 32.2. The van der Waals surface area contributed by atoms with Gasteiger partial charge in [-0.2, -0.15) is 0 Å². The van der Waals surface area contributed by atoms with Gasteiger partial charge in [0, 0.05) is 30.2 Å². The third-order valence-corrected chi connectivity index (χ3v) is 6.15. The summed E-state index contributed by atoms with van der Waals surface area (Å²) < 4.78 is 24.9. The van der Waals surface area contributed by atoms with E-state index in [4.69, 9.17) is 0 Å². The number of thiazole rings is 1. The number of piperidine rings is 1. The Morgan fingerprint density at radius 3 is 2.90 bits per heavy atom. The van der Waals surface area contributed by atoms with Gasteiger partial charge in [0.1, 0.15) is 0 Å². The summed E-state index contributed by atoms with van der Waals surface area (Å²) in [6, 6.07) is 0.269. The molecule has 1 aromatic heterocycles. The molecule has 114 valence electrons. The molecule has 0 aromatic carbocycles. The summed E-state index contributed by atoms with van der Waals surface area (Å²) in [4.78, 5) is 5.54. The molecule has 0 bridgehead atoms. The topological polar surface area (TPSA) is 62.3 Å². The van der Waals surface area contributed by atoms with Crippen molar-refractivity contribution in [2.75, 3.05) is 26.4 Å². The number of rotatable bonds is 5. The van der Waals surface area contributed by atoms with E-state index in [2.05, 4.69) is 10.3 Å². The Balaban J connectivity index is 2.01. The Hall–Kier alpha value is -0.500. The standard InChI is InChI=1S/C13H23N3O2S2/c1-10-15-8-13(19-10)12(14-2)7-11-5-4-6-16(9-11)20(3,17)18/h8,11-12,14H,4-7,9H2,1-3H3. The number of nitrogens with one attached hydrogen (secondary N) is 1. The molecule has 2 rings (SSSR count). The first kappa shape index (κ1) is 15.9. The van der Waals surface area contributed by atoms with Gasteiger partial charge in [-0.05, 0) is 39.2 Å². The van der Waals surface area contributed by atoms with Crippen molar-refractivity contribution in [3.8, 4) is 0 Å². The van der Waals surface area contributed by atoms with Gasteiger partial charge >= 0.3 is 0 Å². The lowest BCUT2D eigenvalue weighted by Gasteiger charge is -2.32. The van der Waals surface area contributed by atoms with Crippen LogP contribution in [0.1, 0.15) is 35.2 Å². The van der Waals surface area contributed by atoms with Gasteiger partial charge in [0.05, 0.1) is 11.3 Å². The molecule has 1 aromatic rings. The maximum Gasteiger partial charge on any atom is 0.211 e. The molecule has 1 N–H and O–H groups in total. The molecule has 0 saturated carbocycles. The molecule has 5 nitrogen and oxygen atoms in total. The lowest BCUT2D eigenvalue weighted by Crippen LogP contribution is -2.40. The number of hydrogen-bond acceptors (Lipinski definition) is 5. The predicted molar refractivity (Wildman–Crippen MR) is 82.4 cm³/mol. The Morgan fingerprint density at radius 2 is 2.35 bits per heavy atom. The van der Waals surface area contributed by atoms with Crippen LogP contribution in [-0.2, 0) is 10.0 Å². The fourth-order valence-electron chi connectivity index (χ4n) is 2.77. The molecule has 0 amide bonds. The zero-order chi connectivity index (χ0) is 14.8.